The molecule has 1 saturated heterocycles. The number of rotatable bonds is 7. The second kappa shape index (κ2) is 7.77. The summed E-state index contributed by atoms with van der Waals surface area (Å²) >= 11 is 1.60. The molecule has 1 heterocycles. The first-order valence-electron chi connectivity index (χ1n) is 7.77. The SMILES string of the molecule is CSC(C)CC1OC(=O)C(C(=O)CCc2cccc(C)c2)C1=O. The second-order valence-electron chi connectivity index (χ2n) is 6.00. The van der Waals surface area contributed by atoms with Crippen LogP contribution in [0.5, 0.6) is 0 Å². The van der Waals surface area contributed by atoms with E-state index in [1.807, 2.05) is 44.4 Å². The maximum Gasteiger partial charge on any atom is 0.325 e. The van der Waals surface area contributed by atoms with Crippen LogP contribution in [0.25, 0.3) is 0 Å². The third kappa shape index (κ3) is 4.44. The number of hydrogen-bond acceptors (Lipinski definition) is 5. The molecule has 124 valence electrons. The number of benzene rings is 1. The average molecular weight is 334 g/mol. The molecule has 4 nitrogen and oxygen atoms in total. The van der Waals surface area contributed by atoms with Crippen LogP contribution < -0.4 is 0 Å². The van der Waals surface area contributed by atoms with Crippen LogP contribution in [-0.2, 0) is 25.5 Å². The maximum absolute atomic E-state index is 12.3. The molecule has 1 fully saturated rings. The standard InChI is InChI=1S/C18H22O4S/c1-11-5-4-6-13(9-11)7-8-14(19)16-17(20)15(22-18(16)21)10-12(2)23-3/h4-6,9,12,15-16H,7-8,10H2,1-3H3. The molecule has 0 radical (unpaired) electrons. The monoisotopic (exact) mass is 334 g/mol. The molecular formula is C18H22O4S. The number of hydrogen-bond donors (Lipinski definition) is 0. The van der Waals surface area contributed by atoms with E-state index in [0.717, 1.165) is 11.1 Å². The Labute approximate surface area is 141 Å². The van der Waals surface area contributed by atoms with Crippen LogP contribution in [-0.4, -0.2) is 35.1 Å². The molecule has 1 aromatic carbocycles. The van der Waals surface area contributed by atoms with E-state index < -0.39 is 18.0 Å². The lowest BCUT2D eigenvalue weighted by Crippen LogP contribution is -2.29. The van der Waals surface area contributed by atoms with Gasteiger partial charge in [0, 0.05) is 18.1 Å². The van der Waals surface area contributed by atoms with Gasteiger partial charge in [-0.05, 0) is 25.2 Å². The average Bonchev–Trinajstić information content (AvgIpc) is 2.79. The van der Waals surface area contributed by atoms with Gasteiger partial charge >= 0.3 is 5.97 Å². The Morgan fingerprint density at radius 1 is 1.35 bits per heavy atom. The van der Waals surface area contributed by atoms with Crippen molar-refractivity contribution in [3.8, 4) is 0 Å². The molecule has 1 aliphatic rings. The van der Waals surface area contributed by atoms with Gasteiger partial charge in [0.25, 0.3) is 0 Å². The quantitative estimate of drug-likeness (QED) is 0.567. The summed E-state index contributed by atoms with van der Waals surface area (Å²) < 4.78 is 5.13. The zero-order chi connectivity index (χ0) is 17.0. The molecule has 5 heteroatoms. The minimum atomic E-state index is -1.22. The molecule has 0 saturated carbocycles. The van der Waals surface area contributed by atoms with Crippen LogP contribution in [0.1, 0.15) is 30.9 Å². The molecule has 2 rings (SSSR count). The summed E-state index contributed by atoms with van der Waals surface area (Å²) in [7, 11) is 0. The molecular weight excluding hydrogens is 312 g/mol. The summed E-state index contributed by atoms with van der Waals surface area (Å²) in [6, 6.07) is 7.87. The summed E-state index contributed by atoms with van der Waals surface area (Å²) in [6.07, 6.45) is 2.35. The summed E-state index contributed by atoms with van der Waals surface area (Å²) in [5.41, 5.74) is 2.15. The lowest BCUT2D eigenvalue weighted by atomic mass is 9.92. The highest BCUT2D eigenvalue weighted by Gasteiger charge is 2.47. The molecule has 23 heavy (non-hydrogen) atoms. The Hall–Kier alpha value is -1.62. The lowest BCUT2D eigenvalue weighted by Gasteiger charge is -2.12. The molecule has 0 aromatic heterocycles. The zero-order valence-corrected chi connectivity index (χ0v) is 14.5. The molecule has 0 amide bonds. The van der Waals surface area contributed by atoms with E-state index in [-0.39, 0.29) is 23.2 Å². The zero-order valence-electron chi connectivity index (χ0n) is 13.7. The fourth-order valence-electron chi connectivity index (χ4n) is 2.70. The highest BCUT2D eigenvalue weighted by Crippen LogP contribution is 2.26. The Morgan fingerprint density at radius 3 is 2.74 bits per heavy atom. The van der Waals surface area contributed by atoms with Crippen molar-refractivity contribution in [1.82, 2.24) is 0 Å². The normalized spacial score (nSPS) is 22.0. The van der Waals surface area contributed by atoms with Gasteiger partial charge in [-0.3, -0.25) is 14.4 Å². The van der Waals surface area contributed by atoms with Crippen LogP contribution in [0.2, 0.25) is 0 Å². The number of carbonyl (C=O) groups excluding carboxylic acids is 3. The second-order valence-corrected chi connectivity index (χ2v) is 7.27. The molecule has 0 spiro atoms. The number of Topliss-reactive ketones (excluding diaryl/α,β-unsaturated/α-hetero) is 2. The number of esters is 1. The van der Waals surface area contributed by atoms with Crippen molar-refractivity contribution in [2.24, 2.45) is 5.92 Å². The van der Waals surface area contributed by atoms with Crippen LogP contribution in [0, 0.1) is 12.8 Å². The largest absolute Gasteiger partial charge is 0.453 e. The Kier molecular flexibility index (Phi) is 5.99. The van der Waals surface area contributed by atoms with Crippen molar-refractivity contribution in [3.05, 3.63) is 35.4 Å². The predicted molar refractivity (Wildman–Crippen MR) is 90.5 cm³/mol. The van der Waals surface area contributed by atoms with Crippen molar-refractivity contribution in [1.29, 1.82) is 0 Å². The summed E-state index contributed by atoms with van der Waals surface area (Å²) in [6.45, 7) is 3.96. The molecule has 3 atom stereocenters. The molecule has 0 bridgehead atoms. The van der Waals surface area contributed by atoms with Gasteiger partial charge in [-0.25, -0.2) is 0 Å². The number of ether oxygens (including phenoxy) is 1. The van der Waals surface area contributed by atoms with Gasteiger partial charge in [-0.2, -0.15) is 11.8 Å². The van der Waals surface area contributed by atoms with Gasteiger partial charge in [-0.15, -0.1) is 0 Å². The highest BCUT2D eigenvalue weighted by molar-refractivity contribution is 7.99. The van der Waals surface area contributed by atoms with Gasteiger partial charge in [0.1, 0.15) is 0 Å². The summed E-state index contributed by atoms with van der Waals surface area (Å²) in [5.74, 6) is -2.60. The number of carbonyl (C=O) groups is 3. The highest BCUT2D eigenvalue weighted by atomic mass is 32.2. The topological polar surface area (TPSA) is 60.4 Å². The van der Waals surface area contributed by atoms with Crippen LogP contribution in [0.4, 0.5) is 0 Å². The number of ketones is 2. The predicted octanol–water partition coefficient (Wildman–Crippen LogP) is 2.75. The molecule has 3 unspecified atom stereocenters. The minimum absolute atomic E-state index is 0.180. The number of thioether (sulfide) groups is 1. The smallest absolute Gasteiger partial charge is 0.325 e. The lowest BCUT2D eigenvalue weighted by molar-refractivity contribution is -0.146. The van der Waals surface area contributed by atoms with E-state index in [4.69, 9.17) is 4.74 Å². The van der Waals surface area contributed by atoms with Crippen LogP contribution in [0.15, 0.2) is 24.3 Å². The van der Waals surface area contributed by atoms with Crippen molar-refractivity contribution in [3.63, 3.8) is 0 Å². The van der Waals surface area contributed by atoms with Crippen LogP contribution >= 0.6 is 11.8 Å². The van der Waals surface area contributed by atoms with Crippen molar-refractivity contribution >= 4 is 29.3 Å². The number of aryl methyl sites for hydroxylation is 2. The van der Waals surface area contributed by atoms with Gasteiger partial charge < -0.3 is 4.74 Å². The third-order valence-corrected chi connectivity index (χ3v) is 5.11. The third-order valence-electron chi connectivity index (χ3n) is 4.11. The van der Waals surface area contributed by atoms with Crippen molar-refractivity contribution in [2.75, 3.05) is 6.26 Å². The van der Waals surface area contributed by atoms with Crippen molar-refractivity contribution in [2.45, 2.75) is 44.5 Å². The van der Waals surface area contributed by atoms with Gasteiger partial charge in [0.05, 0.1) is 0 Å². The van der Waals surface area contributed by atoms with E-state index in [0.29, 0.717) is 12.8 Å². The fourth-order valence-corrected chi connectivity index (χ4v) is 3.07. The summed E-state index contributed by atoms with van der Waals surface area (Å²) in [4.78, 5) is 36.5. The van der Waals surface area contributed by atoms with E-state index in [1.54, 1.807) is 11.8 Å². The van der Waals surface area contributed by atoms with E-state index in [9.17, 15) is 14.4 Å². The van der Waals surface area contributed by atoms with E-state index in [1.165, 1.54) is 0 Å². The number of cyclic esters (lactones) is 1. The first-order valence-corrected chi connectivity index (χ1v) is 9.06. The molecule has 1 aromatic rings. The Bertz CT molecular complexity index is 611. The molecule has 0 aliphatic carbocycles. The Morgan fingerprint density at radius 2 is 2.09 bits per heavy atom. The van der Waals surface area contributed by atoms with Crippen LogP contribution in [0.3, 0.4) is 0 Å². The van der Waals surface area contributed by atoms with Gasteiger partial charge in [-0.1, -0.05) is 36.8 Å². The van der Waals surface area contributed by atoms with Gasteiger partial charge in [0.2, 0.25) is 0 Å². The van der Waals surface area contributed by atoms with E-state index >= 15 is 0 Å². The van der Waals surface area contributed by atoms with Crippen molar-refractivity contribution < 1.29 is 19.1 Å². The summed E-state index contributed by atoms with van der Waals surface area (Å²) in [5, 5.41) is 0.206. The van der Waals surface area contributed by atoms with Gasteiger partial charge in [0.15, 0.2) is 23.6 Å². The first-order chi connectivity index (χ1) is 10.9. The fraction of sp³-hybridized carbons (Fsp3) is 0.500. The molecule has 0 N–H and O–H groups in total. The maximum atomic E-state index is 12.3. The Balaban J connectivity index is 1.96. The molecule has 1 aliphatic heterocycles. The minimum Gasteiger partial charge on any atom is -0.453 e. The van der Waals surface area contributed by atoms with E-state index in [2.05, 4.69) is 0 Å². The first kappa shape index (κ1) is 17.7.